The molecule has 13 nitrogen and oxygen atoms in total. The summed E-state index contributed by atoms with van der Waals surface area (Å²) >= 11 is 0. The predicted molar refractivity (Wildman–Crippen MR) is 173 cm³/mol. The zero-order valence-electron chi connectivity index (χ0n) is 27.8. The van der Waals surface area contributed by atoms with Crippen molar-refractivity contribution in [1.29, 1.82) is 0 Å². The molecule has 4 fully saturated rings. The average Bonchev–Trinajstić information content (AvgIpc) is 3.69. The van der Waals surface area contributed by atoms with E-state index in [1.165, 1.54) is 23.3 Å². The number of hydrogen-bond donors (Lipinski definition) is 4. The van der Waals surface area contributed by atoms with Gasteiger partial charge in [0.15, 0.2) is 0 Å². The van der Waals surface area contributed by atoms with E-state index < -0.39 is 57.3 Å². The normalized spacial score (nSPS) is 23.3. The number of nitrogens with zero attached hydrogens (tertiary/aromatic N) is 2. The zero-order valence-corrected chi connectivity index (χ0v) is 28.6. The monoisotopic (exact) mass is 666 g/mol. The van der Waals surface area contributed by atoms with Gasteiger partial charge in [-0.3, -0.25) is 19.2 Å². The molecule has 1 aliphatic heterocycles. The lowest BCUT2D eigenvalue weighted by Crippen LogP contribution is -2.62. The van der Waals surface area contributed by atoms with Crippen molar-refractivity contribution in [3.8, 4) is 0 Å². The van der Waals surface area contributed by atoms with Gasteiger partial charge >= 0.3 is 6.03 Å². The molecule has 1 heterocycles. The summed E-state index contributed by atoms with van der Waals surface area (Å²) in [5, 5.41) is 11.4. The highest BCUT2D eigenvalue weighted by Gasteiger charge is 2.44. The van der Waals surface area contributed by atoms with Gasteiger partial charge in [-0.1, -0.05) is 51.9 Å². The van der Waals surface area contributed by atoms with Crippen molar-refractivity contribution in [2.45, 2.75) is 139 Å². The summed E-state index contributed by atoms with van der Waals surface area (Å²) in [5.74, 6) is -2.52. The lowest BCUT2D eigenvalue weighted by atomic mass is 9.82. The molecule has 0 bridgehead atoms. The van der Waals surface area contributed by atoms with Crippen molar-refractivity contribution in [3.63, 3.8) is 0 Å². The maximum atomic E-state index is 14.2. The Labute approximate surface area is 273 Å². The van der Waals surface area contributed by atoms with Gasteiger partial charge < -0.3 is 26.2 Å². The van der Waals surface area contributed by atoms with Gasteiger partial charge in [-0.15, -0.1) is 0 Å². The Morgan fingerprint density at radius 2 is 1.52 bits per heavy atom. The standard InChI is InChI=1S/C32H54N6O7S/c1-4-12-24(27(39)29(41)33-23-16-17-23)34-28(40)25-15-11-20-38(25)30(42)26(22-13-7-5-8-14-22)35-31(43)36-32(18-9-6-10-19-32)21-46(44,45)37(2)3/h22-26H,4-21H2,1-3H3,(H,33,41)(H,34,40)(H2,35,36,43)/t24?,25-,26-/m0/s1. The molecule has 14 heteroatoms. The first-order chi connectivity index (χ1) is 21.9. The summed E-state index contributed by atoms with van der Waals surface area (Å²) in [6.07, 6.45) is 11.6. The van der Waals surface area contributed by atoms with Crippen LogP contribution in [-0.2, 0) is 29.2 Å². The molecule has 260 valence electrons. The van der Waals surface area contributed by atoms with Crippen molar-refractivity contribution in [2.75, 3.05) is 26.4 Å². The van der Waals surface area contributed by atoms with Gasteiger partial charge in [0, 0.05) is 26.7 Å². The average molecular weight is 667 g/mol. The van der Waals surface area contributed by atoms with Crippen molar-refractivity contribution >= 4 is 39.6 Å². The summed E-state index contributed by atoms with van der Waals surface area (Å²) in [7, 11) is -0.640. The van der Waals surface area contributed by atoms with Crippen LogP contribution in [0.15, 0.2) is 0 Å². The molecule has 0 radical (unpaired) electrons. The van der Waals surface area contributed by atoms with E-state index in [4.69, 9.17) is 0 Å². The van der Waals surface area contributed by atoms with Crippen LogP contribution in [0.2, 0.25) is 0 Å². The molecule has 3 atom stereocenters. The minimum absolute atomic E-state index is 0.0178. The van der Waals surface area contributed by atoms with E-state index in [9.17, 15) is 32.4 Å². The molecular weight excluding hydrogens is 612 g/mol. The number of hydrogen-bond acceptors (Lipinski definition) is 7. The molecule has 4 rings (SSSR count). The first kappa shape index (κ1) is 36.1. The smallest absolute Gasteiger partial charge is 0.315 e. The molecule has 4 aliphatic rings. The number of nitrogens with one attached hydrogen (secondary N) is 4. The zero-order chi connectivity index (χ0) is 33.5. The number of sulfonamides is 1. The summed E-state index contributed by atoms with van der Waals surface area (Å²) in [6.45, 7) is 2.21. The minimum Gasteiger partial charge on any atom is -0.347 e. The quantitative estimate of drug-likeness (QED) is 0.205. The Morgan fingerprint density at radius 3 is 2.13 bits per heavy atom. The van der Waals surface area contributed by atoms with Gasteiger partial charge in [0.2, 0.25) is 27.6 Å². The van der Waals surface area contributed by atoms with Crippen molar-refractivity contribution in [2.24, 2.45) is 5.92 Å². The van der Waals surface area contributed by atoms with E-state index in [1.54, 1.807) is 0 Å². The van der Waals surface area contributed by atoms with Crippen molar-refractivity contribution in [3.05, 3.63) is 0 Å². The van der Waals surface area contributed by atoms with Crippen LogP contribution in [-0.4, -0.2) is 103 Å². The van der Waals surface area contributed by atoms with Crippen LogP contribution < -0.4 is 21.3 Å². The highest BCUT2D eigenvalue weighted by Crippen LogP contribution is 2.32. The summed E-state index contributed by atoms with van der Waals surface area (Å²) in [4.78, 5) is 68.3. The number of Topliss-reactive ketones (excluding diaryl/α,β-unsaturated/α-hetero) is 1. The second-order valence-electron chi connectivity index (χ2n) is 14.0. The van der Waals surface area contributed by atoms with Gasteiger partial charge in [-0.2, -0.15) is 0 Å². The van der Waals surface area contributed by atoms with Gasteiger partial charge in [0.05, 0.1) is 17.3 Å². The van der Waals surface area contributed by atoms with Gasteiger partial charge in [0.1, 0.15) is 12.1 Å². The van der Waals surface area contributed by atoms with Crippen LogP contribution in [0.3, 0.4) is 0 Å². The van der Waals surface area contributed by atoms with E-state index in [0.29, 0.717) is 45.1 Å². The number of amides is 5. The SMILES string of the molecule is CCCC(NC(=O)[C@@H]1CCCN1C(=O)[C@@H](NC(=O)NC1(CS(=O)(=O)N(C)C)CCCCC1)C1CCCCC1)C(=O)C(=O)NC1CC1. The molecular formula is C32H54N6O7S. The summed E-state index contributed by atoms with van der Waals surface area (Å²) in [5.41, 5.74) is -0.936. The number of carbonyl (C=O) groups is 5. The van der Waals surface area contributed by atoms with Crippen LogP contribution >= 0.6 is 0 Å². The van der Waals surface area contributed by atoms with Crippen molar-refractivity contribution < 1.29 is 32.4 Å². The maximum Gasteiger partial charge on any atom is 0.315 e. The molecule has 5 amide bonds. The van der Waals surface area contributed by atoms with Crippen LogP contribution in [0, 0.1) is 5.92 Å². The van der Waals surface area contributed by atoms with Gasteiger partial charge in [-0.05, 0) is 63.7 Å². The maximum absolute atomic E-state index is 14.2. The highest BCUT2D eigenvalue weighted by atomic mass is 32.2. The molecule has 46 heavy (non-hydrogen) atoms. The minimum atomic E-state index is -3.60. The van der Waals surface area contributed by atoms with Crippen LogP contribution in [0.25, 0.3) is 0 Å². The molecule has 0 aromatic rings. The van der Waals surface area contributed by atoms with Crippen LogP contribution in [0.4, 0.5) is 4.79 Å². The number of carbonyl (C=O) groups excluding carboxylic acids is 5. The first-order valence-corrected chi connectivity index (χ1v) is 18.9. The fourth-order valence-electron chi connectivity index (χ4n) is 7.23. The van der Waals surface area contributed by atoms with Crippen LogP contribution in [0.5, 0.6) is 0 Å². The first-order valence-electron chi connectivity index (χ1n) is 17.3. The number of likely N-dealkylation sites (tertiary alicyclic amines) is 1. The molecule has 0 aromatic carbocycles. The molecule has 0 aromatic heterocycles. The summed E-state index contributed by atoms with van der Waals surface area (Å²) < 4.78 is 27.0. The third-order valence-corrected chi connectivity index (χ3v) is 12.1. The van der Waals surface area contributed by atoms with Crippen LogP contribution in [0.1, 0.15) is 110 Å². The largest absolute Gasteiger partial charge is 0.347 e. The lowest BCUT2D eigenvalue weighted by Gasteiger charge is -2.40. The third kappa shape index (κ3) is 9.42. The van der Waals surface area contributed by atoms with E-state index >= 15 is 0 Å². The molecule has 1 unspecified atom stereocenters. The van der Waals surface area contributed by atoms with E-state index in [2.05, 4.69) is 21.3 Å². The third-order valence-electron chi connectivity index (χ3n) is 10.1. The molecule has 1 saturated heterocycles. The molecule has 3 aliphatic carbocycles. The van der Waals surface area contributed by atoms with E-state index in [-0.39, 0.29) is 23.6 Å². The topological polar surface area (TPSA) is 174 Å². The number of urea groups is 1. The lowest BCUT2D eigenvalue weighted by molar-refractivity contribution is -0.143. The Balaban J connectivity index is 1.48. The fraction of sp³-hybridized carbons (Fsp3) is 0.844. The Kier molecular flexibility index (Phi) is 12.5. The molecule has 0 spiro atoms. The number of rotatable bonds is 14. The van der Waals surface area contributed by atoms with Crippen molar-refractivity contribution in [1.82, 2.24) is 30.5 Å². The predicted octanol–water partition coefficient (Wildman–Crippen LogP) is 1.95. The Bertz CT molecular complexity index is 1230. The Hall–Kier alpha value is -2.74. The second kappa shape index (κ2) is 15.9. The second-order valence-corrected chi connectivity index (χ2v) is 16.2. The fourth-order valence-corrected chi connectivity index (χ4v) is 8.55. The Morgan fingerprint density at radius 1 is 0.870 bits per heavy atom. The highest BCUT2D eigenvalue weighted by molar-refractivity contribution is 7.89. The van der Waals surface area contributed by atoms with Gasteiger partial charge in [-0.25, -0.2) is 17.5 Å². The number of ketones is 1. The van der Waals surface area contributed by atoms with E-state index in [1.807, 2.05) is 6.92 Å². The molecule has 3 saturated carbocycles. The van der Waals surface area contributed by atoms with Gasteiger partial charge in [0.25, 0.3) is 5.91 Å². The van der Waals surface area contributed by atoms with E-state index in [0.717, 1.165) is 64.2 Å². The summed E-state index contributed by atoms with van der Waals surface area (Å²) in [6, 6.07) is -3.23. The molecule has 4 N–H and O–H groups in total.